The summed E-state index contributed by atoms with van der Waals surface area (Å²) < 4.78 is 27.4. The van der Waals surface area contributed by atoms with Crippen LogP contribution in [0.15, 0.2) is 17.0 Å². The standard InChI is InChI=1S/C13H22N2O2S.ClH/c1-9-6-10(2)12(11(3)7-9)18(16,17)15-13(4,5)8-14;/h6-7,15H,8,14H2,1-5H3;1H. The van der Waals surface area contributed by atoms with Crippen LogP contribution in [-0.4, -0.2) is 20.5 Å². The van der Waals surface area contributed by atoms with E-state index >= 15 is 0 Å². The zero-order valence-electron chi connectivity index (χ0n) is 12.1. The molecule has 0 aromatic heterocycles. The highest BCUT2D eigenvalue weighted by atomic mass is 35.5. The first-order valence-electron chi connectivity index (χ1n) is 5.91. The number of benzene rings is 1. The van der Waals surface area contributed by atoms with Crippen molar-refractivity contribution in [1.29, 1.82) is 0 Å². The minimum Gasteiger partial charge on any atom is -0.329 e. The summed E-state index contributed by atoms with van der Waals surface area (Å²) in [5, 5.41) is 0. The average molecular weight is 307 g/mol. The van der Waals surface area contributed by atoms with Crippen molar-refractivity contribution < 1.29 is 8.42 Å². The molecule has 4 nitrogen and oxygen atoms in total. The van der Waals surface area contributed by atoms with E-state index in [4.69, 9.17) is 5.73 Å². The second kappa shape index (κ2) is 6.22. The van der Waals surface area contributed by atoms with Gasteiger partial charge in [0, 0.05) is 12.1 Å². The SMILES string of the molecule is Cc1cc(C)c(S(=O)(=O)NC(C)(C)CN)c(C)c1.Cl. The fraction of sp³-hybridized carbons (Fsp3) is 0.538. The number of halogens is 1. The Balaban J connectivity index is 0.00000324. The predicted molar refractivity (Wildman–Crippen MR) is 81.4 cm³/mol. The monoisotopic (exact) mass is 306 g/mol. The van der Waals surface area contributed by atoms with Crippen LogP contribution in [0.3, 0.4) is 0 Å². The lowest BCUT2D eigenvalue weighted by Gasteiger charge is -2.25. The Morgan fingerprint density at radius 1 is 1.16 bits per heavy atom. The van der Waals surface area contributed by atoms with E-state index in [2.05, 4.69) is 4.72 Å². The molecule has 0 atom stereocenters. The number of rotatable bonds is 4. The average Bonchev–Trinajstić information content (AvgIpc) is 2.13. The maximum Gasteiger partial charge on any atom is 0.241 e. The first kappa shape index (κ1) is 18.4. The van der Waals surface area contributed by atoms with Crippen molar-refractivity contribution in [3.63, 3.8) is 0 Å². The van der Waals surface area contributed by atoms with Gasteiger partial charge < -0.3 is 5.73 Å². The molecular weight excluding hydrogens is 284 g/mol. The maximum atomic E-state index is 12.4. The number of hydrogen-bond acceptors (Lipinski definition) is 3. The lowest BCUT2D eigenvalue weighted by molar-refractivity contribution is 0.462. The highest BCUT2D eigenvalue weighted by Gasteiger charge is 2.27. The van der Waals surface area contributed by atoms with Crippen molar-refractivity contribution in [3.05, 3.63) is 28.8 Å². The lowest BCUT2D eigenvalue weighted by Crippen LogP contribution is -2.48. The van der Waals surface area contributed by atoms with Gasteiger partial charge in [-0.3, -0.25) is 0 Å². The molecule has 0 unspecified atom stereocenters. The Kier molecular flexibility index (Phi) is 6.02. The van der Waals surface area contributed by atoms with Gasteiger partial charge in [-0.2, -0.15) is 0 Å². The van der Waals surface area contributed by atoms with Gasteiger partial charge in [-0.05, 0) is 45.7 Å². The third-order valence-corrected chi connectivity index (χ3v) is 4.80. The van der Waals surface area contributed by atoms with Crippen molar-refractivity contribution >= 4 is 22.4 Å². The van der Waals surface area contributed by atoms with Gasteiger partial charge in [-0.25, -0.2) is 13.1 Å². The third kappa shape index (κ3) is 4.45. The van der Waals surface area contributed by atoms with E-state index in [0.29, 0.717) is 4.90 Å². The van der Waals surface area contributed by atoms with Gasteiger partial charge >= 0.3 is 0 Å². The molecule has 6 heteroatoms. The van der Waals surface area contributed by atoms with Crippen LogP contribution in [0.5, 0.6) is 0 Å². The summed E-state index contributed by atoms with van der Waals surface area (Å²) in [6.45, 7) is 9.35. The Morgan fingerprint density at radius 3 is 1.95 bits per heavy atom. The molecule has 0 aliphatic carbocycles. The largest absolute Gasteiger partial charge is 0.329 e. The lowest BCUT2D eigenvalue weighted by atomic mass is 10.1. The highest BCUT2D eigenvalue weighted by Crippen LogP contribution is 2.22. The summed E-state index contributed by atoms with van der Waals surface area (Å²) in [4.78, 5) is 0.356. The van der Waals surface area contributed by atoms with Gasteiger partial charge in [0.15, 0.2) is 0 Å². The van der Waals surface area contributed by atoms with E-state index in [9.17, 15) is 8.42 Å². The van der Waals surface area contributed by atoms with Crippen molar-refractivity contribution in [1.82, 2.24) is 4.72 Å². The van der Waals surface area contributed by atoms with Crippen LogP contribution in [0.1, 0.15) is 30.5 Å². The van der Waals surface area contributed by atoms with E-state index in [1.165, 1.54) is 0 Å². The smallest absolute Gasteiger partial charge is 0.241 e. The van der Waals surface area contributed by atoms with Gasteiger partial charge in [-0.1, -0.05) is 17.7 Å². The van der Waals surface area contributed by atoms with E-state index in [1.807, 2.05) is 32.9 Å². The van der Waals surface area contributed by atoms with Crippen LogP contribution in [0, 0.1) is 20.8 Å². The Bertz CT molecular complexity index is 531. The van der Waals surface area contributed by atoms with E-state index in [0.717, 1.165) is 16.7 Å². The highest BCUT2D eigenvalue weighted by molar-refractivity contribution is 7.89. The minimum atomic E-state index is -3.54. The molecule has 1 rings (SSSR count). The summed E-state index contributed by atoms with van der Waals surface area (Å²) in [5.74, 6) is 0. The summed E-state index contributed by atoms with van der Waals surface area (Å²) >= 11 is 0. The molecule has 1 aromatic rings. The van der Waals surface area contributed by atoms with Crippen LogP contribution >= 0.6 is 12.4 Å². The molecule has 0 heterocycles. The first-order chi connectivity index (χ1) is 8.09. The van der Waals surface area contributed by atoms with Crippen molar-refractivity contribution in [2.24, 2.45) is 5.73 Å². The van der Waals surface area contributed by atoms with Crippen molar-refractivity contribution in [2.45, 2.75) is 45.1 Å². The van der Waals surface area contributed by atoms with Crippen LogP contribution in [0.2, 0.25) is 0 Å². The Hall–Kier alpha value is -0.620. The number of nitrogens with one attached hydrogen (secondary N) is 1. The topological polar surface area (TPSA) is 72.2 Å². The van der Waals surface area contributed by atoms with Crippen LogP contribution < -0.4 is 10.5 Å². The Labute approximate surface area is 122 Å². The zero-order chi connectivity index (χ0) is 14.1. The van der Waals surface area contributed by atoms with Crippen LogP contribution in [0.4, 0.5) is 0 Å². The summed E-state index contributed by atoms with van der Waals surface area (Å²) in [5.41, 5.74) is 7.49. The fourth-order valence-corrected chi connectivity index (χ4v) is 3.93. The van der Waals surface area contributed by atoms with Gasteiger partial charge in [-0.15, -0.1) is 12.4 Å². The second-order valence-electron chi connectivity index (χ2n) is 5.42. The van der Waals surface area contributed by atoms with Gasteiger partial charge in [0.1, 0.15) is 0 Å². The normalized spacial score (nSPS) is 12.1. The summed E-state index contributed by atoms with van der Waals surface area (Å²) in [6, 6.07) is 3.74. The van der Waals surface area contributed by atoms with Crippen molar-refractivity contribution in [2.75, 3.05) is 6.54 Å². The maximum absolute atomic E-state index is 12.4. The molecule has 0 saturated heterocycles. The van der Waals surface area contributed by atoms with Crippen LogP contribution in [-0.2, 0) is 10.0 Å². The Morgan fingerprint density at radius 2 is 1.58 bits per heavy atom. The fourth-order valence-electron chi connectivity index (χ4n) is 2.05. The second-order valence-corrected chi connectivity index (χ2v) is 7.04. The summed E-state index contributed by atoms with van der Waals surface area (Å²) in [7, 11) is -3.54. The number of aryl methyl sites for hydroxylation is 3. The van der Waals surface area contributed by atoms with Crippen molar-refractivity contribution in [3.8, 4) is 0 Å². The van der Waals surface area contributed by atoms with Gasteiger partial charge in [0.05, 0.1) is 4.90 Å². The molecule has 0 spiro atoms. The molecule has 0 amide bonds. The number of nitrogens with two attached hydrogens (primary N) is 1. The molecule has 0 fully saturated rings. The minimum absolute atomic E-state index is 0. The van der Waals surface area contributed by atoms with E-state index in [1.54, 1.807) is 13.8 Å². The number of sulfonamides is 1. The molecule has 0 bridgehead atoms. The molecule has 0 saturated carbocycles. The molecule has 0 aliphatic heterocycles. The van der Waals surface area contributed by atoms with Gasteiger partial charge in [0.25, 0.3) is 0 Å². The molecule has 0 aliphatic rings. The van der Waals surface area contributed by atoms with Crippen LogP contribution in [0.25, 0.3) is 0 Å². The molecular formula is C13H23ClN2O2S. The summed E-state index contributed by atoms with van der Waals surface area (Å²) in [6.07, 6.45) is 0. The zero-order valence-corrected chi connectivity index (χ0v) is 13.7. The quantitative estimate of drug-likeness (QED) is 0.894. The third-order valence-electron chi connectivity index (χ3n) is 2.79. The molecule has 1 aromatic carbocycles. The van der Waals surface area contributed by atoms with E-state index in [-0.39, 0.29) is 19.0 Å². The van der Waals surface area contributed by atoms with Gasteiger partial charge in [0.2, 0.25) is 10.0 Å². The predicted octanol–water partition coefficient (Wildman–Crippen LogP) is 2.05. The first-order valence-corrected chi connectivity index (χ1v) is 7.39. The molecule has 0 radical (unpaired) electrons. The van der Waals surface area contributed by atoms with E-state index < -0.39 is 15.6 Å². The molecule has 110 valence electrons. The molecule has 19 heavy (non-hydrogen) atoms. The number of hydrogen-bond donors (Lipinski definition) is 2. The molecule has 3 N–H and O–H groups in total.